The first-order valence-corrected chi connectivity index (χ1v) is 8.42. The molecule has 0 atom stereocenters. The van der Waals surface area contributed by atoms with Crippen molar-refractivity contribution in [1.29, 1.82) is 0 Å². The zero-order valence-electron chi connectivity index (χ0n) is 14.3. The van der Waals surface area contributed by atoms with E-state index in [1.807, 2.05) is 31.2 Å². The van der Waals surface area contributed by atoms with Crippen molar-refractivity contribution in [2.45, 2.75) is 13.5 Å². The summed E-state index contributed by atoms with van der Waals surface area (Å²) in [5, 5.41) is 6.80. The maximum atomic E-state index is 13.6. The Labute approximate surface area is 159 Å². The average Bonchev–Trinajstić information content (AvgIpc) is 3.01. The maximum Gasteiger partial charge on any atom is 0.272 e. The van der Waals surface area contributed by atoms with E-state index in [0.717, 1.165) is 17.2 Å². The van der Waals surface area contributed by atoms with Crippen LogP contribution >= 0.6 is 12.2 Å². The van der Waals surface area contributed by atoms with Gasteiger partial charge in [0.2, 0.25) is 0 Å². The van der Waals surface area contributed by atoms with Crippen LogP contribution in [0.2, 0.25) is 0 Å². The van der Waals surface area contributed by atoms with Gasteiger partial charge in [0.25, 0.3) is 11.8 Å². The molecule has 0 spiro atoms. The predicted molar refractivity (Wildman–Crippen MR) is 99.6 cm³/mol. The van der Waals surface area contributed by atoms with Crippen LogP contribution in [0.1, 0.15) is 15.9 Å². The summed E-state index contributed by atoms with van der Waals surface area (Å²) < 4.78 is 15.4. The third-order valence-electron chi connectivity index (χ3n) is 3.80. The van der Waals surface area contributed by atoms with Gasteiger partial charge in [0.1, 0.15) is 12.4 Å². The van der Waals surface area contributed by atoms with E-state index in [9.17, 15) is 14.0 Å². The lowest BCUT2D eigenvalue weighted by atomic mass is 10.1. The molecule has 1 heterocycles. The standard InChI is InChI=1S/C18H16FN5O2S/c1-11-6-8-12(9-7-11)16-21-23-18(27)24(16)10-15(25)20-22-17(26)13-4-2-3-5-14(13)19/h2-9H,10H2,1H3,(H,20,25)(H,22,26)(H,23,27). The van der Waals surface area contributed by atoms with Crippen LogP contribution in [0, 0.1) is 17.5 Å². The minimum atomic E-state index is -0.754. The zero-order chi connectivity index (χ0) is 19.4. The molecule has 0 unspecified atom stereocenters. The van der Waals surface area contributed by atoms with Crippen molar-refractivity contribution >= 4 is 24.0 Å². The molecule has 138 valence electrons. The van der Waals surface area contributed by atoms with Crippen LogP contribution in [0.15, 0.2) is 48.5 Å². The van der Waals surface area contributed by atoms with Crippen LogP contribution in [0.25, 0.3) is 11.4 Å². The highest BCUT2D eigenvalue weighted by molar-refractivity contribution is 7.71. The highest BCUT2D eigenvalue weighted by atomic mass is 32.1. The number of carbonyl (C=O) groups is 2. The molecule has 0 saturated heterocycles. The van der Waals surface area contributed by atoms with E-state index in [4.69, 9.17) is 12.2 Å². The minimum Gasteiger partial charge on any atom is -0.291 e. The van der Waals surface area contributed by atoms with Gasteiger partial charge in [-0.15, -0.1) is 0 Å². The second-order valence-corrected chi connectivity index (χ2v) is 6.17. The van der Waals surface area contributed by atoms with E-state index in [1.165, 1.54) is 22.8 Å². The fraction of sp³-hybridized carbons (Fsp3) is 0.111. The summed E-state index contributed by atoms with van der Waals surface area (Å²) in [6.45, 7) is 1.79. The Balaban J connectivity index is 1.69. The number of hydrazine groups is 1. The number of aromatic nitrogens is 3. The van der Waals surface area contributed by atoms with Crippen LogP contribution in [-0.2, 0) is 11.3 Å². The number of amides is 2. The highest BCUT2D eigenvalue weighted by Crippen LogP contribution is 2.17. The van der Waals surface area contributed by atoms with Crippen molar-refractivity contribution in [3.8, 4) is 11.4 Å². The van der Waals surface area contributed by atoms with E-state index >= 15 is 0 Å². The van der Waals surface area contributed by atoms with E-state index in [1.54, 1.807) is 0 Å². The smallest absolute Gasteiger partial charge is 0.272 e. The van der Waals surface area contributed by atoms with Crippen molar-refractivity contribution in [2.24, 2.45) is 0 Å². The van der Waals surface area contributed by atoms with Gasteiger partial charge in [0.15, 0.2) is 10.6 Å². The van der Waals surface area contributed by atoms with Gasteiger partial charge >= 0.3 is 0 Å². The van der Waals surface area contributed by atoms with Gasteiger partial charge in [-0.05, 0) is 31.3 Å². The lowest BCUT2D eigenvalue weighted by Gasteiger charge is -2.10. The second kappa shape index (κ2) is 7.92. The molecule has 7 nitrogen and oxygen atoms in total. The molecule has 2 aromatic carbocycles. The number of aryl methyl sites for hydroxylation is 1. The molecule has 0 aliphatic rings. The summed E-state index contributed by atoms with van der Waals surface area (Å²) in [5.41, 5.74) is 6.14. The topological polar surface area (TPSA) is 91.8 Å². The van der Waals surface area contributed by atoms with E-state index in [-0.39, 0.29) is 16.9 Å². The number of aromatic amines is 1. The SMILES string of the molecule is Cc1ccc(-c2n[nH]c(=S)n2CC(=O)NNC(=O)c2ccccc2F)cc1. The molecular formula is C18H16FN5O2S. The largest absolute Gasteiger partial charge is 0.291 e. The fourth-order valence-corrected chi connectivity index (χ4v) is 2.61. The number of halogens is 1. The molecule has 0 aliphatic heterocycles. The molecule has 3 rings (SSSR count). The van der Waals surface area contributed by atoms with Crippen LogP contribution in [0.3, 0.4) is 0 Å². The number of hydrogen-bond donors (Lipinski definition) is 3. The summed E-state index contributed by atoms with van der Waals surface area (Å²) >= 11 is 5.17. The average molecular weight is 385 g/mol. The number of rotatable bonds is 4. The second-order valence-electron chi connectivity index (χ2n) is 5.79. The van der Waals surface area contributed by atoms with Crippen LogP contribution in [-0.4, -0.2) is 26.6 Å². The Morgan fingerprint density at radius 2 is 1.85 bits per heavy atom. The monoisotopic (exact) mass is 385 g/mol. The predicted octanol–water partition coefficient (Wildman–Crippen LogP) is 2.52. The summed E-state index contributed by atoms with van der Waals surface area (Å²) in [5.74, 6) is -1.47. The Bertz CT molecular complexity index is 1040. The molecular weight excluding hydrogens is 369 g/mol. The molecule has 3 N–H and O–H groups in total. The third-order valence-corrected chi connectivity index (χ3v) is 4.12. The molecule has 3 aromatic rings. The number of nitrogens with one attached hydrogen (secondary N) is 3. The molecule has 1 aromatic heterocycles. The first-order chi connectivity index (χ1) is 13.0. The Hall–Kier alpha value is -3.33. The van der Waals surface area contributed by atoms with Crippen molar-refractivity contribution in [3.05, 3.63) is 70.2 Å². The summed E-state index contributed by atoms with van der Waals surface area (Å²) in [7, 11) is 0. The van der Waals surface area contributed by atoms with Gasteiger partial charge in [-0.1, -0.05) is 42.0 Å². The molecule has 9 heteroatoms. The van der Waals surface area contributed by atoms with Gasteiger partial charge < -0.3 is 0 Å². The molecule has 0 aliphatic carbocycles. The van der Waals surface area contributed by atoms with Crippen LogP contribution < -0.4 is 10.9 Å². The Kier molecular flexibility index (Phi) is 5.41. The van der Waals surface area contributed by atoms with Gasteiger partial charge in [-0.2, -0.15) is 5.10 Å². The van der Waals surface area contributed by atoms with E-state index in [2.05, 4.69) is 21.0 Å². The normalized spacial score (nSPS) is 10.4. The Morgan fingerprint density at radius 1 is 1.15 bits per heavy atom. The van der Waals surface area contributed by atoms with Crippen LogP contribution in [0.4, 0.5) is 4.39 Å². The summed E-state index contributed by atoms with van der Waals surface area (Å²) in [6.07, 6.45) is 0. The summed E-state index contributed by atoms with van der Waals surface area (Å²) in [4.78, 5) is 24.1. The lowest BCUT2D eigenvalue weighted by molar-refractivity contribution is -0.122. The van der Waals surface area contributed by atoms with E-state index in [0.29, 0.717) is 5.82 Å². The van der Waals surface area contributed by atoms with Gasteiger partial charge in [-0.25, -0.2) is 4.39 Å². The quantitative estimate of drug-likeness (QED) is 0.475. The Morgan fingerprint density at radius 3 is 2.56 bits per heavy atom. The lowest BCUT2D eigenvalue weighted by Crippen LogP contribution is -2.43. The van der Waals surface area contributed by atoms with Crippen molar-refractivity contribution in [3.63, 3.8) is 0 Å². The highest BCUT2D eigenvalue weighted by Gasteiger charge is 2.14. The number of benzene rings is 2. The number of nitrogens with zero attached hydrogens (tertiary/aromatic N) is 2. The van der Waals surface area contributed by atoms with Crippen LogP contribution in [0.5, 0.6) is 0 Å². The number of carbonyl (C=O) groups excluding carboxylic acids is 2. The first-order valence-electron chi connectivity index (χ1n) is 8.01. The zero-order valence-corrected chi connectivity index (χ0v) is 15.1. The molecule has 0 saturated carbocycles. The molecule has 2 amide bonds. The number of H-pyrrole nitrogens is 1. The van der Waals surface area contributed by atoms with Gasteiger partial charge in [0.05, 0.1) is 5.56 Å². The minimum absolute atomic E-state index is 0.168. The summed E-state index contributed by atoms with van der Waals surface area (Å²) in [6, 6.07) is 13.1. The van der Waals surface area contributed by atoms with Crippen molar-refractivity contribution in [1.82, 2.24) is 25.6 Å². The maximum absolute atomic E-state index is 13.6. The molecule has 27 heavy (non-hydrogen) atoms. The number of hydrogen-bond acceptors (Lipinski definition) is 4. The first kappa shape index (κ1) is 18.5. The van der Waals surface area contributed by atoms with Crippen molar-refractivity contribution < 1.29 is 14.0 Å². The molecule has 0 radical (unpaired) electrons. The third kappa shape index (κ3) is 4.26. The van der Waals surface area contributed by atoms with Gasteiger partial charge in [-0.3, -0.25) is 30.1 Å². The van der Waals surface area contributed by atoms with E-state index < -0.39 is 17.6 Å². The van der Waals surface area contributed by atoms with Gasteiger partial charge in [0, 0.05) is 5.56 Å². The molecule has 0 fully saturated rings. The fourth-order valence-electron chi connectivity index (χ4n) is 2.41. The molecule has 0 bridgehead atoms. The van der Waals surface area contributed by atoms with Crippen molar-refractivity contribution in [2.75, 3.05) is 0 Å².